The largest absolute Gasteiger partial charge is 0.294 e. The molecule has 6 nitrogen and oxygen atoms in total. The second-order valence-corrected chi connectivity index (χ2v) is 3.14. The van der Waals surface area contributed by atoms with E-state index in [0.29, 0.717) is 0 Å². The molecular formula is C11H13NO5. The SMILES string of the molecule is C=C(C(=O)NC(=O)C(=O)CC)C(=O)C(=O)CC. The molecule has 0 aromatic carbocycles. The fourth-order valence-electron chi connectivity index (χ4n) is 0.841. The highest BCUT2D eigenvalue weighted by Gasteiger charge is 2.24. The van der Waals surface area contributed by atoms with Crippen molar-refractivity contribution in [2.45, 2.75) is 26.7 Å². The van der Waals surface area contributed by atoms with Crippen molar-refractivity contribution in [1.29, 1.82) is 0 Å². The molecule has 0 spiro atoms. The van der Waals surface area contributed by atoms with Crippen LogP contribution in [0, 0.1) is 0 Å². The molecule has 0 atom stereocenters. The highest BCUT2D eigenvalue weighted by Crippen LogP contribution is 1.97. The van der Waals surface area contributed by atoms with Crippen LogP contribution in [0.2, 0.25) is 0 Å². The second kappa shape index (κ2) is 6.47. The number of carbonyl (C=O) groups is 5. The van der Waals surface area contributed by atoms with E-state index < -0.39 is 34.7 Å². The van der Waals surface area contributed by atoms with Gasteiger partial charge in [-0.3, -0.25) is 29.3 Å². The van der Waals surface area contributed by atoms with Crippen LogP contribution in [0.5, 0.6) is 0 Å². The van der Waals surface area contributed by atoms with Crippen molar-refractivity contribution in [2.75, 3.05) is 0 Å². The van der Waals surface area contributed by atoms with Crippen LogP contribution in [-0.4, -0.2) is 29.2 Å². The Hall–Kier alpha value is -2.11. The lowest BCUT2D eigenvalue weighted by Gasteiger charge is -2.03. The summed E-state index contributed by atoms with van der Waals surface area (Å²) in [6.45, 7) is 6.02. The number of amides is 2. The highest BCUT2D eigenvalue weighted by molar-refractivity contribution is 6.51. The molecule has 17 heavy (non-hydrogen) atoms. The van der Waals surface area contributed by atoms with Gasteiger partial charge in [-0.1, -0.05) is 20.4 Å². The van der Waals surface area contributed by atoms with Gasteiger partial charge in [0.1, 0.15) is 0 Å². The van der Waals surface area contributed by atoms with Crippen molar-refractivity contribution >= 4 is 29.2 Å². The third kappa shape index (κ3) is 4.10. The van der Waals surface area contributed by atoms with Crippen molar-refractivity contribution in [2.24, 2.45) is 0 Å². The van der Waals surface area contributed by atoms with Crippen LogP contribution in [0.25, 0.3) is 0 Å². The first-order chi connectivity index (χ1) is 7.84. The van der Waals surface area contributed by atoms with Crippen molar-refractivity contribution in [3.05, 3.63) is 12.2 Å². The Labute approximate surface area is 98.1 Å². The highest BCUT2D eigenvalue weighted by atomic mass is 16.2. The summed E-state index contributed by atoms with van der Waals surface area (Å²) in [6, 6.07) is 0. The van der Waals surface area contributed by atoms with Crippen LogP contribution in [0.4, 0.5) is 0 Å². The van der Waals surface area contributed by atoms with Crippen molar-refractivity contribution in [3.63, 3.8) is 0 Å². The van der Waals surface area contributed by atoms with Gasteiger partial charge in [0.15, 0.2) is 0 Å². The van der Waals surface area contributed by atoms with Gasteiger partial charge >= 0.3 is 0 Å². The van der Waals surface area contributed by atoms with Gasteiger partial charge in [0.25, 0.3) is 11.8 Å². The van der Waals surface area contributed by atoms with E-state index >= 15 is 0 Å². The van der Waals surface area contributed by atoms with Crippen LogP contribution in [0.3, 0.4) is 0 Å². The lowest BCUT2D eigenvalue weighted by molar-refractivity contribution is -0.141. The number of hydrogen-bond donors (Lipinski definition) is 1. The number of Topliss-reactive ketones (excluding diaryl/α,β-unsaturated/α-hetero) is 3. The molecule has 2 amide bonds. The van der Waals surface area contributed by atoms with Gasteiger partial charge in [0, 0.05) is 12.8 Å². The monoisotopic (exact) mass is 239 g/mol. The maximum atomic E-state index is 11.3. The molecule has 0 aliphatic heterocycles. The molecule has 0 radical (unpaired) electrons. The Bertz CT molecular complexity index is 408. The van der Waals surface area contributed by atoms with E-state index in [-0.39, 0.29) is 12.8 Å². The molecule has 0 rings (SSSR count). The summed E-state index contributed by atoms with van der Waals surface area (Å²) in [5.41, 5.74) is -0.644. The predicted molar refractivity (Wildman–Crippen MR) is 57.9 cm³/mol. The van der Waals surface area contributed by atoms with Crippen molar-refractivity contribution in [1.82, 2.24) is 5.32 Å². The molecule has 0 bridgehead atoms. The molecule has 0 saturated carbocycles. The minimum absolute atomic E-state index is 0.0621. The van der Waals surface area contributed by atoms with E-state index in [1.54, 1.807) is 5.32 Å². The summed E-state index contributed by atoms with van der Waals surface area (Å²) in [6.07, 6.45) is -0.125. The number of rotatable bonds is 6. The van der Waals surface area contributed by atoms with E-state index in [9.17, 15) is 24.0 Å². The molecule has 1 N–H and O–H groups in total. The maximum Gasteiger partial charge on any atom is 0.294 e. The average Bonchev–Trinajstić information content (AvgIpc) is 2.34. The van der Waals surface area contributed by atoms with E-state index in [2.05, 4.69) is 6.58 Å². The topological polar surface area (TPSA) is 97.4 Å². The molecule has 0 heterocycles. The normalized spacial score (nSPS) is 9.29. The Morgan fingerprint density at radius 1 is 0.882 bits per heavy atom. The summed E-state index contributed by atoms with van der Waals surface area (Å²) in [7, 11) is 0. The average molecular weight is 239 g/mol. The first-order valence-electron chi connectivity index (χ1n) is 5.00. The third-order valence-corrected chi connectivity index (χ3v) is 1.92. The number of hydrogen-bond acceptors (Lipinski definition) is 5. The number of carbonyl (C=O) groups excluding carboxylic acids is 5. The standard InChI is InChI=1S/C11H13NO5/c1-4-7(13)9(15)6(3)10(16)12-11(17)8(14)5-2/h3-5H2,1-2H3,(H,12,16,17). The zero-order valence-electron chi connectivity index (χ0n) is 9.66. The Morgan fingerprint density at radius 2 is 1.35 bits per heavy atom. The van der Waals surface area contributed by atoms with Crippen LogP contribution >= 0.6 is 0 Å². The fourth-order valence-corrected chi connectivity index (χ4v) is 0.841. The Balaban J connectivity index is 4.59. The molecule has 92 valence electrons. The summed E-state index contributed by atoms with van der Waals surface area (Å²) in [4.78, 5) is 55.4. The second-order valence-electron chi connectivity index (χ2n) is 3.14. The van der Waals surface area contributed by atoms with Gasteiger partial charge in [-0.25, -0.2) is 0 Å². The lowest BCUT2D eigenvalue weighted by atomic mass is 10.1. The van der Waals surface area contributed by atoms with Crippen LogP contribution in [0.1, 0.15) is 26.7 Å². The molecule has 0 aromatic rings. The Kier molecular flexibility index (Phi) is 5.66. The number of nitrogens with one attached hydrogen (secondary N) is 1. The maximum absolute atomic E-state index is 11.3. The van der Waals surface area contributed by atoms with E-state index in [0.717, 1.165) is 0 Å². The lowest BCUT2D eigenvalue weighted by Crippen LogP contribution is -2.38. The molecule has 0 aliphatic carbocycles. The summed E-state index contributed by atoms with van der Waals surface area (Å²) < 4.78 is 0. The summed E-state index contributed by atoms with van der Waals surface area (Å²) >= 11 is 0. The minimum Gasteiger partial charge on any atom is -0.290 e. The molecule has 0 saturated heterocycles. The van der Waals surface area contributed by atoms with E-state index in [4.69, 9.17) is 0 Å². The van der Waals surface area contributed by atoms with Crippen LogP contribution < -0.4 is 5.32 Å². The first kappa shape index (κ1) is 14.9. The zero-order chi connectivity index (χ0) is 13.6. The molecule has 0 aliphatic rings. The van der Waals surface area contributed by atoms with E-state index in [1.807, 2.05) is 0 Å². The minimum atomic E-state index is -1.12. The molecule has 0 fully saturated rings. The van der Waals surface area contributed by atoms with Crippen LogP contribution in [-0.2, 0) is 24.0 Å². The third-order valence-electron chi connectivity index (χ3n) is 1.92. The van der Waals surface area contributed by atoms with Gasteiger partial charge in [-0.2, -0.15) is 0 Å². The van der Waals surface area contributed by atoms with Gasteiger partial charge in [-0.15, -0.1) is 0 Å². The van der Waals surface area contributed by atoms with Gasteiger partial charge in [-0.05, 0) is 0 Å². The molecule has 0 unspecified atom stereocenters. The first-order valence-corrected chi connectivity index (χ1v) is 5.00. The summed E-state index contributed by atoms with van der Waals surface area (Å²) in [5.74, 6) is -4.86. The molecule has 6 heteroatoms. The number of imide groups is 1. The van der Waals surface area contributed by atoms with Gasteiger partial charge in [0.2, 0.25) is 17.3 Å². The molecule has 0 aromatic heterocycles. The van der Waals surface area contributed by atoms with E-state index in [1.165, 1.54) is 13.8 Å². The summed E-state index contributed by atoms with van der Waals surface area (Å²) in [5, 5.41) is 1.69. The fraction of sp³-hybridized carbons (Fsp3) is 0.364. The van der Waals surface area contributed by atoms with Gasteiger partial charge in [0.05, 0.1) is 5.57 Å². The van der Waals surface area contributed by atoms with Crippen molar-refractivity contribution < 1.29 is 24.0 Å². The number of ketones is 3. The van der Waals surface area contributed by atoms with Crippen molar-refractivity contribution in [3.8, 4) is 0 Å². The zero-order valence-corrected chi connectivity index (χ0v) is 9.66. The van der Waals surface area contributed by atoms with Gasteiger partial charge < -0.3 is 0 Å². The quantitative estimate of drug-likeness (QED) is 0.297. The smallest absolute Gasteiger partial charge is 0.290 e. The molecular weight excluding hydrogens is 226 g/mol. The Morgan fingerprint density at radius 3 is 1.76 bits per heavy atom. The predicted octanol–water partition coefficient (Wildman–Crippen LogP) is -0.287. The van der Waals surface area contributed by atoms with Crippen LogP contribution in [0.15, 0.2) is 12.2 Å².